The van der Waals surface area contributed by atoms with Crippen LogP contribution in [0, 0.1) is 17.8 Å². The molecular formula is C17H27NO. The fourth-order valence-corrected chi connectivity index (χ4v) is 3.70. The van der Waals surface area contributed by atoms with E-state index in [4.69, 9.17) is 5.73 Å². The molecule has 19 heavy (non-hydrogen) atoms. The summed E-state index contributed by atoms with van der Waals surface area (Å²) in [6.07, 6.45) is 3.84. The van der Waals surface area contributed by atoms with Gasteiger partial charge in [0.2, 0.25) is 0 Å². The zero-order valence-corrected chi connectivity index (χ0v) is 12.4. The van der Waals surface area contributed by atoms with Crippen molar-refractivity contribution in [2.45, 2.75) is 52.6 Å². The Morgan fingerprint density at radius 2 is 2.05 bits per heavy atom. The van der Waals surface area contributed by atoms with Crippen molar-refractivity contribution < 1.29 is 5.11 Å². The molecule has 1 aliphatic carbocycles. The number of rotatable bonds is 3. The van der Waals surface area contributed by atoms with Gasteiger partial charge in [-0.3, -0.25) is 0 Å². The molecule has 0 aromatic heterocycles. The highest BCUT2D eigenvalue weighted by Crippen LogP contribution is 2.47. The lowest BCUT2D eigenvalue weighted by Gasteiger charge is -2.49. The SMILES string of the molecule is Cc1cccc(CC2(CN)CCCC(C)(C)C2O)c1. The molecule has 0 bridgehead atoms. The number of hydrogen-bond donors (Lipinski definition) is 2. The first kappa shape index (κ1) is 14.5. The third-order valence-electron chi connectivity index (χ3n) is 4.86. The van der Waals surface area contributed by atoms with Gasteiger partial charge in [-0.2, -0.15) is 0 Å². The minimum atomic E-state index is -0.320. The Kier molecular flexibility index (Phi) is 4.03. The number of aliphatic hydroxyl groups excluding tert-OH is 1. The molecule has 2 atom stereocenters. The Bertz CT molecular complexity index is 441. The molecule has 2 nitrogen and oxygen atoms in total. The van der Waals surface area contributed by atoms with Crippen LogP contribution in [0.3, 0.4) is 0 Å². The molecule has 0 heterocycles. The highest BCUT2D eigenvalue weighted by molar-refractivity contribution is 5.24. The van der Waals surface area contributed by atoms with Crippen LogP contribution in [-0.2, 0) is 6.42 Å². The molecular weight excluding hydrogens is 234 g/mol. The first-order valence-corrected chi connectivity index (χ1v) is 7.33. The van der Waals surface area contributed by atoms with Gasteiger partial charge in [0.05, 0.1) is 6.10 Å². The third kappa shape index (κ3) is 2.85. The maximum absolute atomic E-state index is 10.8. The second kappa shape index (κ2) is 5.26. The predicted molar refractivity (Wildman–Crippen MR) is 80.0 cm³/mol. The summed E-state index contributed by atoms with van der Waals surface area (Å²) in [5, 5.41) is 10.8. The summed E-state index contributed by atoms with van der Waals surface area (Å²) >= 11 is 0. The number of benzene rings is 1. The highest BCUT2D eigenvalue weighted by atomic mass is 16.3. The number of nitrogens with two attached hydrogens (primary N) is 1. The molecule has 2 unspecified atom stereocenters. The van der Waals surface area contributed by atoms with E-state index < -0.39 is 0 Å². The molecule has 0 amide bonds. The van der Waals surface area contributed by atoms with E-state index >= 15 is 0 Å². The van der Waals surface area contributed by atoms with Crippen molar-refractivity contribution in [2.24, 2.45) is 16.6 Å². The standard InChI is InChI=1S/C17H27NO/c1-13-6-4-7-14(10-13)11-17(12-18)9-5-8-16(2,3)15(17)19/h4,6-7,10,15,19H,5,8-9,11-12,18H2,1-3H3. The van der Waals surface area contributed by atoms with Crippen molar-refractivity contribution >= 4 is 0 Å². The van der Waals surface area contributed by atoms with E-state index in [9.17, 15) is 5.11 Å². The van der Waals surface area contributed by atoms with Gasteiger partial charge >= 0.3 is 0 Å². The Morgan fingerprint density at radius 1 is 1.32 bits per heavy atom. The molecule has 106 valence electrons. The lowest BCUT2D eigenvalue weighted by molar-refractivity contribution is -0.0884. The summed E-state index contributed by atoms with van der Waals surface area (Å²) in [4.78, 5) is 0. The van der Waals surface area contributed by atoms with E-state index in [2.05, 4.69) is 45.0 Å². The molecule has 1 aromatic rings. The molecule has 1 saturated carbocycles. The second-order valence-electron chi connectivity index (χ2n) is 6.98. The average molecular weight is 261 g/mol. The van der Waals surface area contributed by atoms with Crippen molar-refractivity contribution in [3.05, 3.63) is 35.4 Å². The number of aliphatic hydroxyl groups is 1. The Hall–Kier alpha value is -0.860. The quantitative estimate of drug-likeness (QED) is 0.878. The van der Waals surface area contributed by atoms with Crippen LogP contribution >= 0.6 is 0 Å². The smallest absolute Gasteiger partial charge is 0.0662 e. The zero-order chi connectivity index (χ0) is 14.1. The van der Waals surface area contributed by atoms with Crippen LogP contribution < -0.4 is 5.73 Å². The number of aryl methyl sites for hydroxylation is 1. The fourth-order valence-electron chi connectivity index (χ4n) is 3.70. The van der Waals surface area contributed by atoms with E-state index in [1.165, 1.54) is 11.1 Å². The summed E-state index contributed by atoms with van der Waals surface area (Å²) in [6.45, 7) is 7.00. The van der Waals surface area contributed by atoms with Crippen molar-refractivity contribution in [1.82, 2.24) is 0 Å². The predicted octanol–water partition coefficient (Wildman–Crippen LogP) is 3.05. The number of hydrogen-bond acceptors (Lipinski definition) is 2. The van der Waals surface area contributed by atoms with Gasteiger partial charge in [-0.1, -0.05) is 50.1 Å². The van der Waals surface area contributed by atoms with Gasteiger partial charge < -0.3 is 10.8 Å². The molecule has 0 saturated heterocycles. The molecule has 0 spiro atoms. The summed E-state index contributed by atoms with van der Waals surface area (Å²) in [7, 11) is 0. The van der Waals surface area contributed by atoms with E-state index in [1.54, 1.807) is 0 Å². The Labute approximate surface area is 117 Å². The maximum Gasteiger partial charge on any atom is 0.0662 e. The summed E-state index contributed by atoms with van der Waals surface area (Å²) in [5.74, 6) is 0. The fraction of sp³-hybridized carbons (Fsp3) is 0.647. The highest BCUT2D eigenvalue weighted by Gasteiger charge is 2.47. The van der Waals surface area contributed by atoms with Crippen LogP contribution in [-0.4, -0.2) is 17.8 Å². The average Bonchev–Trinajstić information content (AvgIpc) is 2.35. The van der Waals surface area contributed by atoms with Crippen molar-refractivity contribution in [3.8, 4) is 0 Å². The van der Waals surface area contributed by atoms with Crippen LogP contribution in [0.15, 0.2) is 24.3 Å². The molecule has 0 aliphatic heterocycles. The Balaban J connectivity index is 2.27. The van der Waals surface area contributed by atoms with E-state index in [0.29, 0.717) is 6.54 Å². The lowest BCUT2D eigenvalue weighted by Crippen LogP contribution is -2.53. The van der Waals surface area contributed by atoms with Crippen LogP contribution in [0.5, 0.6) is 0 Å². The molecule has 1 aromatic carbocycles. The summed E-state index contributed by atoms with van der Waals surface area (Å²) < 4.78 is 0. The molecule has 0 radical (unpaired) electrons. The van der Waals surface area contributed by atoms with Gasteiger partial charge in [-0.05, 0) is 37.2 Å². The molecule has 1 aliphatic rings. The van der Waals surface area contributed by atoms with Gasteiger partial charge in [0.25, 0.3) is 0 Å². The van der Waals surface area contributed by atoms with E-state index in [1.807, 2.05) is 0 Å². The summed E-state index contributed by atoms with van der Waals surface area (Å²) in [5.41, 5.74) is 8.46. The summed E-state index contributed by atoms with van der Waals surface area (Å²) in [6, 6.07) is 8.57. The van der Waals surface area contributed by atoms with Gasteiger partial charge in [0.1, 0.15) is 0 Å². The monoisotopic (exact) mass is 261 g/mol. The van der Waals surface area contributed by atoms with Crippen LogP contribution in [0.4, 0.5) is 0 Å². The Morgan fingerprint density at radius 3 is 2.68 bits per heavy atom. The largest absolute Gasteiger partial charge is 0.392 e. The van der Waals surface area contributed by atoms with Gasteiger partial charge in [0, 0.05) is 12.0 Å². The van der Waals surface area contributed by atoms with Crippen molar-refractivity contribution in [3.63, 3.8) is 0 Å². The van der Waals surface area contributed by atoms with Crippen molar-refractivity contribution in [1.29, 1.82) is 0 Å². The normalized spacial score (nSPS) is 30.3. The van der Waals surface area contributed by atoms with Crippen molar-refractivity contribution in [2.75, 3.05) is 6.54 Å². The van der Waals surface area contributed by atoms with Gasteiger partial charge in [0.15, 0.2) is 0 Å². The maximum atomic E-state index is 10.8. The zero-order valence-electron chi connectivity index (χ0n) is 12.4. The minimum Gasteiger partial charge on any atom is -0.392 e. The molecule has 1 fully saturated rings. The van der Waals surface area contributed by atoms with E-state index in [-0.39, 0.29) is 16.9 Å². The molecule has 3 N–H and O–H groups in total. The van der Waals surface area contributed by atoms with Crippen LogP contribution in [0.25, 0.3) is 0 Å². The van der Waals surface area contributed by atoms with Gasteiger partial charge in [-0.25, -0.2) is 0 Å². The van der Waals surface area contributed by atoms with Crippen LogP contribution in [0.1, 0.15) is 44.2 Å². The molecule has 2 heteroatoms. The minimum absolute atomic E-state index is 0.0263. The first-order valence-electron chi connectivity index (χ1n) is 7.33. The first-order chi connectivity index (χ1) is 8.89. The van der Waals surface area contributed by atoms with Crippen LogP contribution in [0.2, 0.25) is 0 Å². The van der Waals surface area contributed by atoms with Gasteiger partial charge in [-0.15, -0.1) is 0 Å². The second-order valence-corrected chi connectivity index (χ2v) is 6.98. The van der Waals surface area contributed by atoms with E-state index in [0.717, 1.165) is 25.7 Å². The third-order valence-corrected chi connectivity index (χ3v) is 4.86. The molecule has 2 rings (SSSR count). The lowest BCUT2D eigenvalue weighted by atomic mass is 9.59. The topological polar surface area (TPSA) is 46.2 Å².